The lowest BCUT2D eigenvalue weighted by molar-refractivity contribution is -0.0193. The van der Waals surface area contributed by atoms with Gasteiger partial charge < -0.3 is 24.1 Å². The number of ether oxygens (including phenoxy) is 1. The molecule has 9 heteroatoms. The molecule has 1 aromatic carbocycles. The zero-order valence-corrected chi connectivity index (χ0v) is 20.6. The number of aliphatic hydroxyl groups is 1. The third-order valence-corrected chi connectivity index (χ3v) is 8.87. The topological polar surface area (TPSA) is 83.3 Å². The Morgan fingerprint density at radius 3 is 2.72 bits per heavy atom. The van der Waals surface area contributed by atoms with Crippen molar-refractivity contribution in [1.29, 1.82) is 0 Å². The number of hydrogen-bond acceptors (Lipinski definition) is 7. The van der Waals surface area contributed by atoms with Gasteiger partial charge in [-0.15, -0.1) is 0 Å². The SMILES string of the molecule is CN(C)/C=N/c1ncnc2c1CN2[C@H]1CC(O)C(CO[SiH](c2ccccc2)C(C)(C)C)O1. The van der Waals surface area contributed by atoms with Crippen LogP contribution in [-0.2, 0) is 15.7 Å². The van der Waals surface area contributed by atoms with E-state index in [1.54, 1.807) is 6.34 Å². The van der Waals surface area contributed by atoms with Gasteiger partial charge in [-0.2, -0.15) is 0 Å². The molecule has 0 radical (unpaired) electrons. The van der Waals surface area contributed by atoms with Gasteiger partial charge in [0.05, 0.1) is 31.2 Å². The van der Waals surface area contributed by atoms with E-state index in [4.69, 9.17) is 9.16 Å². The van der Waals surface area contributed by atoms with Crippen LogP contribution in [0.3, 0.4) is 0 Å². The van der Waals surface area contributed by atoms with Gasteiger partial charge in [-0.05, 0) is 10.2 Å². The Labute approximate surface area is 191 Å². The first-order chi connectivity index (χ1) is 15.2. The number of fused-ring (bicyclic) bond motifs is 1. The van der Waals surface area contributed by atoms with Crippen molar-refractivity contribution in [3.8, 4) is 0 Å². The summed E-state index contributed by atoms with van der Waals surface area (Å²) in [5.74, 6) is 1.51. The highest BCUT2D eigenvalue weighted by molar-refractivity contribution is 6.70. The molecule has 0 amide bonds. The summed E-state index contributed by atoms with van der Waals surface area (Å²) in [5, 5.41) is 12.0. The van der Waals surface area contributed by atoms with E-state index < -0.39 is 15.1 Å². The average Bonchev–Trinajstić information content (AvgIpc) is 3.07. The maximum atomic E-state index is 10.7. The molecule has 1 fully saturated rings. The second-order valence-corrected chi connectivity index (χ2v) is 13.2. The van der Waals surface area contributed by atoms with Crippen molar-refractivity contribution in [2.24, 2.45) is 4.99 Å². The first kappa shape index (κ1) is 22.8. The fourth-order valence-corrected chi connectivity index (χ4v) is 6.83. The lowest BCUT2D eigenvalue weighted by Gasteiger charge is -2.38. The predicted octanol–water partition coefficient (Wildman–Crippen LogP) is 1.94. The molecule has 3 unspecified atom stereocenters. The molecule has 2 aliphatic heterocycles. The molecule has 172 valence electrons. The fourth-order valence-electron chi connectivity index (χ4n) is 4.18. The molecule has 0 spiro atoms. The summed E-state index contributed by atoms with van der Waals surface area (Å²) in [6, 6.07) is 10.4. The quantitative estimate of drug-likeness (QED) is 0.388. The summed E-state index contributed by atoms with van der Waals surface area (Å²) in [4.78, 5) is 17.1. The van der Waals surface area contributed by atoms with Crippen molar-refractivity contribution < 1.29 is 14.3 Å². The number of anilines is 1. The van der Waals surface area contributed by atoms with Gasteiger partial charge in [-0.3, -0.25) is 0 Å². The van der Waals surface area contributed by atoms with E-state index in [1.807, 2.05) is 25.1 Å². The van der Waals surface area contributed by atoms with E-state index in [9.17, 15) is 5.11 Å². The largest absolute Gasteiger partial charge is 0.412 e. The summed E-state index contributed by atoms with van der Waals surface area (Å²) in [6.45, 7) is 7.71. The Bertz CT molecular complexity index is 950. The number of rotatable bonds is 7. The standard InChI is InChI=1S/C23H33N5O3Si/c1-23(2,3)32(16-9-7-6-8-10-16)30-13-19-18(29)11-20(31-19)28-12-17-21(26-15-27(4)5)24-14-25-22(17)28/h6-10,14-15,18-20,29,32H,11-13H2,1-5H3/b26-15+/t18?,19?,20-,32?/m1/s1. The molecular formula is C23H33N5O3Si. The number of benzene rings is 1. The van der Waals surface area contributed by atoms with Crippen LogP contribution < -0.4 is 10.1 Å². The Morgan fingerprint density at radius 2 is 2.03 bits per heavy atom. The van der Waals surface area contributed by atoms with Crippen LogP contribution in [-0.4, -0.2) is 74.5 Å². The van der Waals surface area contributed by atoms with Crippen molar-refractivity contribution in [3.05, 3.63) is 42.2 Å². The molecule has 0 bridgehead atoms. The number of hydrogen-bond donors (Lipinski definition) is 1. The van der Waals surface area contributed by atoms with E-state index in [1.165, 1.54) is 11.5 Å². The minimum absolute atomic E-state index is 0.0567. The third-order valence-electron chi connectivity index (χ3n) is 5.78. The van der Waals surface area contributed by atoms with Crippen molar-refractivity contribution in [2.75, 3.05) is 25.6 Å². The molecule has 1 aromatic heterocycles. The molecule has 3 heterocycles. The second-order valence-electron chi connectivity index (χ2n) is 9.76. The molecule has 8 nitrogen and oxygen atoms in total. The minimum atomic E-state index is -1.72. The highest BCUT2D eigenvalue weighted by Crippen LogP contribution is 2.40. The number of nitrogens with zero attached hydrogens (tertiary/aromatic N) is 5. The summed E-state index contributed by atoms with van der Waals surface area (Å²) in [6.07, 6.45) is 2.65. The fraction of sp³-hybridized carbons (Fsp3) is 0.522. The van der Waals surface area contributed by atoms with Gasteiger partial charge in [0.1, 0.15) is 24.5 Å². The molecule has 32 heavy (non-hydrogen) atoms. The maximum absolute atomic E-state index is 10.7. The average molecular weight is 456 g/mol. The summed E-state index contributed by atoms with van der Waals surface area (Å²) >= 11 is 0. The van der Waals surface area contributed by atoms with Crippen molar-refractivity contribution in [1.82, 2.24) is 14.9 Å². The van der Waals surface area contributed by atoms with E-state index in [-0.39, 0.29) is 17.4 Å². The van der Waals surface area contributed by atoms with E-state index in [2.05, 4.69) is 64.9 Å². The number of aliphatic hydroxyl groups excluding tert-OH is 1. The molecule has 1 N–H and O–H groups in total. The van der Waals surface area contributed by atoms with Gasteiger partial charge in [0, 0.05) is 20.5 Å². The number of aliphatic imine (C=N–C) groups is 1. The van der Waals surface area contributed by atoms with Crippen LogP contribution in [0.4, 0.5) is 11.6 Å². The molecule has 4 atom stereocenters. The van der Waals surface area contributed by atoms with Crippen molar-refractivity contribution in [3.63, 3.8) is 0 Å². The zero-order valence-electron chi connectivity index (χ0n) is 19.5. The molecule has 0 saturated carbocycles. The third kappa shape index (κ3) is 4.85. The molecule has 1 saturated heterocycles. The van der Waals surface area contributed by atoms with Crippen LogP contribution in [0.15, 0.2) is 41.7 Å². The van der Waals surface area contributed by atoms with Gasteiger partial charge in [-0.25, -0.2) is 15.0 Å². The molecule has 4 rings (SSSR count). The second kappa shape index (κ2) is 9.26. The molecular weight excluding hydrogens is 422 g/mol. The Morgan fingerprint density at radius 1 is 1.28 bits per heavy atom. The number of aromatic nitrogens is 2. The molecule has 2 aliphatic rings. The summed E-state index contributed by atoms with van der Waals surface area (Å²) in [7, 11) is 2.12. The maximum Gasteiger partial charge on any atom is 0.213 e. The van der Waals surface area contributed by atoms with Crippen molar-refractivity contribution in [2.45, 2.75) is 57.2 Å². The highest BCUT2D eigenvalue weighted by atomic mass is 28.3. The van der Waals surface area contributed by atoms with Crippen LogP contribution in [0.1, 0.15) is 32.8 Å². The van der Waals surface area contributed by atoms with Crippen LogP contribution in [0.5, 0.6) is 0 Å². The predicted molar refractivity (Wildman–Crippen MR) is 128 cm³/mol. The Kier molecular flexibility index (Phi) is 6.61. The Balaban J connectivity index is 1.40. The van der Waals surface area contributed by atoms with Gasteiger partial charge in [0.15, 0.2) is 5.82 Å². The monoisotopic (exact) mass is 455 g/mol. The van der Waals surface area contributed by atoms with Crippen LogP contribution >= 0.6 is 0 Å². The van der Waals surface area contributed by atoms with Crippen LogP contribution in [0, 0.1) is 0 Å². The smallest absolute Gasteiger partial charge is 0.213 e. The van der Waals surface area contributed by atoms with Gasteiger partial charge in [0.2, 0.25) is 9.04 Å². The minimum Gasteiger partial charge on any atom is -0.412 e. The molecule has 0 aliphatic carbocycles. The first-order valence-electron chi connectivity index (χ1n) is 11.0. The van der Waals surface area contributed by atoms with Crippen molar-refractivity contribution >= 4 is 32.2 Å². The first-order valence-corrected chi connectivity index (χ1v) is 12.7. The van der Waals surface area contributed by atoms with E-state index in [0.717, 1.165) is 11.4 Å². The molecule has 2 aromatic rings. The van der Waals surface area contributed by atoms with Gasteiger partial charge in [0.25, 0.3) is 0 Å². The lowest BCUT2D eigenvalue weighted by atomic mass is 10.1. The van der Waals surface area contributed by atoms with E-state index >= 15 is 0 Å². The lowest BCUT2D eigenvalue weighted by Crippen LogP contribution is -2.45. The van der Waals surface area contributed by atoms with Gasteiger partial charge in [-0.1, -0.05) is 51.1 Å². The van der Waals surface area contributed by atoms with E-state index in [0.29, 0.717) is 25.4 Å². The zero-order chi connectivity index (χ0) is 22.9. The van der Waals surface area contributed by atoms with Crippen LogP contribution in [0.2, 0.25) is 5.04 Å². The van der Waals surface area contributed by atoms with Crippen LogP contribution in [0.25, 0.3) is 0 Å². The van der Waals surface area contributed by atoms with Gasteiger partial charge >= 0.3 is 0 Å². The summed E-state index contributed by atoms with van der Waals surface area (Å²) in [5.41, 5.74) is 1.01. The normalized spacial score (nSPS) is 23.8. The summed E-state index contributed by atoms with van der Waals surface area (Å²) < 4.78 is 12.7. The Hall–Kier alpha value is -2.33. The highest BCUT2D eigenvalue weighted by Gasteiger charge is 2.43.